The summed E-state index contributed by atoms with van der Waals surface area (Å²) in [4.78, 5) is 7.49. The van der Waals surface area contributed by atoms with E-state index in [1.807, 2.05) is 0 Å². The van der Waals surface area contributed by atoms with Gasteiger partial charge in [-0.3, -0.25) is 4.90 Å². The summed E-state index contributed by atoms with van der Waals surface area (Å²) in [5.41, 5.74) is 6.20. The first-order valence-electron chi connectivity index (χ1n) is 8.92. The van der Waals surface area contributed by atoms with Crippen molar-refractivity contribution >= 4 is 11.0 Å². The van der Waals surface area contributed by atoms with Gasteiger partial charge < -0.3 is 4.57 Å². The lowest BCUT2D eigenvalue weighted by molar-refractivity contribution is 0.227. The van der Waals surface area contributed by atoms with Crippen molar-refractivity contribution in [2.24, 2.45) is 0 Å². The van der Waals surface area contributed by atoms with Crippen LogP contribution in [0.25, 0.3) is 22.2 Å². The second kappa shape index (κ2) is 6.06. The van der Waals surface area contributed by atoms with Crippen LogP contribution in [0, 0.1) is 6.92 Å². The molecule has 1 aromatic heterocycles. The number of hydrogen-bond donors (Lipinski definition) is 0. The Labute approximate surface area is 143 Å². The van der Waals surface area contributed by atoms with Gasteiger partial charge in [0.1, 0.15) is 5.82 Å². The molecule has 0 bridgehead atoms. The minimum absolute atomic E-state index is 0.606. The Hall–Kier alpha value is -2.13. The van der Waals surface area contributed by atoms with Gasteiger partial charge in [0.25, 0.3) is 0 Å². The number of aryl methyl sites for hydroxylation is 1. The van der Waals surface area contributed by atoms with E-state index in [1.54, 1.807) is 0 Å². The molecule has 0 saturated heterocycles. The molecule has 2 aromatic carbocycles. The Morgan fingerprint density at radius 3 is 2.42 bits per heavy atom. The first-order valence-corrected chi connectivity index (χ1v) is 8.92. The van der Waals surface area contributed by atoms with E-state index in [1.165, 1.54) is 28.0 Å². The quantitative estimate of drug-likeness (QED) is 0.703. The molecule has 24 heavy (non-hydrogen) atoms. The van der Waals surface area contributed by atoms with Gasteiger partial charge in [-0.05, 0) is 44.0 Å². The lowest BCUT2D eigenvalue weighted by Gasteiger charge is -2.23. The van der Waals surface area contributed by atoms with Crippen LogP contribution in [0.15, 0.2) is 42.5 Å². The smallest absolute Gasteiger partial charge is 0.111 e. The molecular weight excluding hydrogens is 294 g/mol. The molecule has 0 fully saturated rings. The molecule has 1 aliphatic heterocycles. The maximum absolute atomic E-state index is 4.95. The summed E-state index contributed by atoms with van der Waals surface area (Å²) >= 11 is 0. The van der Waals surface area contributed by atoms with E-state index < -0.39 is 0 Å². The topological polar surface area (TPSA) is 21.1 Å². The third-order valence-electron chi connectivity index (χ3n) is 5.18. The number of fused-ring (bicyclic) bond motifs is 3. The molecule has 0 radical (unpaired) electrons. The summed E-state index contributed by atoms with van der Waals surface area (Å²) < 4.78 is 2.41. The molecule has 2 heterocycles. The first-order chi connectivity index (χ1) is 11.6. The third kappa shape index (κ3) is 2.73. The largest absolute Gasteiger partial charge is 0.327 e. The normalized spacial score (nSPS) is 15.7. The Morgan fingerprint density at radius 2 is 1.67 bits per heavy atom. The van der Waals surface area contributed by atoms with Crippen molar-refractivity contribution in [3.63, 3.8) is 0 Å². The van der Waals surface area contributed by atoms with Gasteiger partial charge in [-0.1, -0.05) is 35.9 Å². The highest BCUT2D eigenvalue weighted by Crippen LogP contribution is 2.26. The Bertz CT molecular complexity index is 859. The van der Waals surface area contributed by atoms with Crippen LogP contribution < -0.4 is 0 Å². The van der Waals surface area contributed by atoms with Crippen molar-refractivity contribution in [3.8, 4) is 11.1 Å². The number of rotatable bonds is 2. The van der Waals surface area contributed by atoms with Gasteiger partial charge >= 0.3 is 0 Å². The number of aromatic nitrogens is 2. The number of imidazole rings is 1. The lowest BCUT2D eigenvalue weighted by Crippen LogP contribution is -2.33. The highest BCUT2D eigenvalue weighted by Gasteiger charge is 2.19. The molecule has 3 nitrogen and oxygen atoms in total. The zero-order chi connectivity index (χ0) is 16.7. The van der Waals surface area contributed by atoms with Crippen LogP contribution in [0.4, 0.5) is 0 Å². The van der Waals surface area contributed by atoms with Crippen molar-refractivity contribution in [2.75, 3.05) is 13.1 Å². The molecule has 0 amide bonds. The van der Waals surface area contributed by atoms with Crippen LogP contribution in [0.5, 0.6) is 0 Å². The molecule has 0 atom stereocenters. The summed E-state index contributed by atoms with van der Waals surface area (Å²) in [7, 11) is 0. The van der Waals surface area contributed by atoms with E-state index in [0.29, 0.717) is 6.04 Å². The number of nitrogens with zero attached hydrogens (tertiary/aromatic N) is 3. The fourth-order valence-corrected chi connectivity index (χ4v) is 3.65. The molecular formula is C21H25N3. The molecule has 3 heteroatoms. The number of hydrogen-bond acceptors (Lipinski definition) is 2. The van der Waals surface area contributed by atoms with Gasteiger partial charge in [0.15, 0.2) is 0 Å². The molecule has 4 rings (SSSR count). The standard InChI is InChI=1S/C21H25N3/c1-15(2)23-11-10-21-22-19-14-18(17-6-4-16(3)5-7-17)8-9-20(19)24(21)13-12-23/h4-9,14-15H,10-13H2,1-3H3. The molecule has 0 spiro atoms. The predicted octanol–water partition coefficient (Wildman–Crippen LogP) is 4.28. The van der Waals surface area contributed by atoms with Crippen LogP contribution in [-0.4, -0.2) is 33.6 Å². The van der Waals surface area contributed by atoms with Crippen molar-refractivity contribution in [2.45, 2.75) is 39.8 Å². The summed E-state index contributed by atoms with van der Waals surface area (Å²) in [6.45, 7) is 9.93. The van der Waals surface area contributed by atoms with Crippen molar-refractivity contribution in [3.05, 3.63) is 53.9 Å². The predicted molar refractivity (Wildman–Crippen MR) is 100 cm³/mol. The molecule has 3 aromatic rings. The molecule has 0 unspecified atom stereocenters. The van der Waals surface area contributed by atoms with Crippen LogP contribution in [0.2, 0.25) is 0 Å². The van der Waals surface area contributed by atoms with Crippen LogP contribution >= 0.6 is 0 Å². The zero-order valence-corrected chi connectivity index (χ0v) is 14.8. The number of benzene rings is 2. The van der Waals surface area contributed by atoms with E-state index in [2.05, 4.69) is 72.7 Å². The molecule has 124 valence electrons. The van der Waals surface area contributed by atoms with Gasteiger partial charge in [-0.25, -0.2) is 4.98 Å². The fourth-order valence-electron chi connectivity index (χ4n) is 3.65. The summed E-state index contributed by atoms with van der Waals surface area (Å²) in [6, 6.07) is 16.0. The second-order valence-corrected chi connectivity index (χ2v) is 7.13. The van der Waals surface area contributed by atoms with Gasteiger partial charge in [-0.15, -0.1) is 0 Å². The highest BCUT2D eigenvalue weighted by atomic mass is 15.2. The summed E-state index contributed by atoms with van der Waals surface area (Å²) in [6.07, 6.45) is 1.03. The van der Waals surface area contributed by atoms with Gasteiger partial charge in [0, 0.05) is 32.1 Å². The SMILES string of the molecule is Cc1ccc(-c2ccc3c(c2)nc2n3CCN(C(C)C)CC2)cc1. The fraction of sp³-hybridized carbons (Fsp3) is 0.381. The van der Waals surface area contributed by atoms with E-state index in [4.69, 9.17) is 4.98 Å². The lowest BCUT2D eigenvalue weighted by atomic mass is 10.0. The molecule has 1 aliphatic rings. The third-order valence-corrected chi connectivity index (χ3v) is 5.18. The van der Waals surface area contributed by atoms with E-state index in [0.717, 1.165) is 31.6 Å². The molecule has 0 N–H and O–H groups in total. The van der Waals surface area contributed by atoms with Crippen LogP contribution in [-0.2, 0) is 13.0 Å². The van der Waals surface area contributed by atoms with Crippen molar-refractivity contribution < 1.29 is 0 Å². The van der Waals surface area contributed by atoms with Gasteiger partial charge in [-0.2, -0.15) is 0 Å². The highest BCUT2D eigenvalue weighted by molar-refractivity contribution is 5.82. The Balaban J connectivity index is 1.70. The minimum atomic E-state index is 0.606. The van der Waals surface area contributed by atoms with Crippen LogP contribution in [0.1, 0.15) is 25.2 Å². The van der Waals surface area contributed by atoms with E-state index >= 15 is 0 Å². The van der Waals surface area contributed by atoms with Crippen molar-refractivity contribution in [1.29, 1.82) is 0 Å². The average Bonchev–Trinajstić information content (AvgIpc) is 2.78. The zero-order valence-electron chi connectivity index (χ0n) is 14.8. The maximum atomic E-state index is 4.95. The van der Waals surface area contributed by atoms with E-state index in [-0.39, 0.29) is 0 Å². The average molecular weight is 319 g/mol. The maximum Gasteiger partial charge on any atom is 0.111 e. The Morgan fingerprint density at radius 1 is 0.917 bits per heavy atom. The van der Waals surface area contributed by atoms with Gasteiger partial charge in [0.2, 0.25) is 0 Å². The van der Waals surface area contributed by atoms with Gasteiger partial charge in [0.05, 0.1) is 11.0 Å². The minimum Gasteiger partial charge on any atom is -0.327 e. The van der Waals surface area contributed by atoms with Crippen LogP contribution in [0.3, 0.4) is 0 Å². The monoisotopic (exact) mass is 319 g/mol. The molecule has 0 aliphatic carbocycles. The molecule has 0 saturated carbocycles. The first kappa shape index (κ1) is 15.4. The Kier molecular flexibility index (Phi) is 3.89. The summed E-state index contributed by atoms with van der Waals surface area (Å²) in [5.74, 6) is 1.23. The van der Waals surface area contributed by atoms with E-state index in [9.17, 15) is 0 Å². The van der Waals surface area contributed by atoms with Crippen molar-refractivity contribution in [1.82, 2.24) is 14.5 Å². The summed E-state index contributed by atoms with van der Waals surface area (Å²) in [5, 5.41) is 0. The second-order valence-electron chi connectivity index (χ2n) is 7.13.